The SMILES string of the molecule is Cc1ccc2c(N)c(C(=O)NCCCC(C)CO)sc2n1. The van der Waals surface area contributed by atoms with Crippen molar-refractivity contribution >= 4 is 33.1 Å². The maximum absolute atomic E-state index is 12.2. The van der Waals surface area contributed by atoms with Crippen molar-refractivity contribution in [2.45, 2.75) is 26.7 Å². The summed E-state index contributed by atoms with van der Waals surface area (Å²) >= 11 is 1.33. The Bertz CT molecular complexity index is 639. The molecular formula is C15H21N3O2S. The Morgan fingerprint density at radius 2 is 2.29 bits per heavy atom. The van der Waals surface area contributed by atoms with E-state index < -0.39 is 0 Å². The molecule has 0 fully saturated rings. The van der Waals surface area contributed by atoms with Crippen molar-refractivity contribution in [1.82, 2.24) is 10.3 Å². The Hall–Kier alpha value is -1.66. The second-order valence-electron chi connectivity index (χ2n) is 5.34. The van der Waals surface area contributed by atoms with Crippen molar-refractivity contribution in [1.29, 1.82) is 0 Å². The summed E-state index contributed by atoms with van der Waals surface area (Å²) in [5.74, 6) is 0.119. The number of aromatic nitrogens is 1. The van der Waals surface area contributed by atoms with E-state index in [-0.39, 0.29) is 18.4 Å². The van der Waals surface area contributed by atoms with Crippen LogP contribution in [0.2, 0.25) is 0 Å². The highest BCUT2D eigenvalue weighted by atomic mass is 32.1. The molecule has 1 atom stereocenters. The van der Waals surface area contributed by atoms with E-state index in [1.807, 2.05) is 26.0 Å². The van der Waals surface area contributed by atoms with Crippen LogP contribution in [0.15, 0.2) is 12.1 Å². The summed E-state index contributed by atoms with van der Waals surface area (Å²) in [4.78, 5) is 17.9. The van der Waals surface area contributed by atoms with Crippen LogP contribution in [0.3, 0.4) is 0 Å². The summed E-state index contributed by atoms with van der Waals surface area (Å²) in [5.41, 5.74) is 7.45. The molecule has 0 radical (unpaired) electrons. The monoisotopic (exact) mass is 307 g/mol. The number of pyridine rings is 1. The van der Waals surface area contributed by atoms with E-state index >= 15 is 0 Å². The number of aliphatic hydroxyl groups is 1. The average Bonchev–Trinajstić information content (AvgIpc) is 2.79. The van der Waals surface area contributed by atoms with Crippen molar-refractivity contribution < 1.29 is 9.90 Å². The summed E-state index contributed by atoms with van der Waals surface area (Å²) in [6.45, 7) is 4.67. The molecule has 1 unspecified atom stereocenters. The van der Waals surface area contributed by atoms with E-state index in [4.69, 9.17) is 10.8 Å². The number of carbonyl (C=O) groups is 1. The molecule has 2 aromatic rings. The number of thiophene rings is 1. The van der Waals surface area contributed by atoms with E-state index in [0.717, 1.165) is 28.8 Å². The number of aryl methyl sites for hydroxylation is 1. The second kappa shape index (κ2) is 6.87. The van der Waals surface area contributed by atoms with E-state index in [9.17, 15) is 4.79 Å². The number of nitrogen functional groups attached to an aromatic ring is 1. The fourth-order valence-electron chi connectivity index (χ4n) is 2.08. The Morgan fingerprint density at radius 3 is 3.00 bits per heavy atom. The molecular weight excluding hydrogens is 286 g/mol. The number of aliphatic hydroxyl groups excluding tert-OH is 1. The van der Waals surface area contributed by atoms with Crippen LogP contribution in [-0.2, 0) is 0 Å². The molecule has 0 spiro atoms. The Kier molecular flexibility index (Phi) is 5.14. The highest BCUT2D eigenvalue weighted by Crippen LogP contribution is 2.32. The van der Waals surface area contributed by atoms with Gasteiger partial charge in [0.25, 0.3) is 5.91 Å². The summed E-state index contributed by atoms with van der Waals surface area (Å²) in [6.07, 6.45) is 1.73. The number of anilines is 1. The van der Waals surface area contributed by atoms with E-state index in [1.165, 1.54) is 11.3 Å². The molecule has 0 saturated heterocycles. The van der Waals surface area contributed by atoms with Crippen molar-refractivity contribution in [3.8, 4) is 0 Å². The first-order chi connectivity index (χ1) is 10.0. The molecule has 2 heterocycles. The number of rotatable bonds is 6. The van der Waals surface area contributed by atoms with Crippen LogP contribution < -0.4 is 11.1 Å². The first kappa shape index (κ1) is 15.7. The predicted octanol–water partition coefficient (Wildman–Crippen LogP) is 2.33. The third-order valence-corrected chi connectivity index (χ3v) is 4.52. The van der Waals surface area contributed by atoms with Gasteiger partial charge in [0.05, 0.1) is 5.69 Å². The Labute approximate surface area is 128 Å². The number of hydrogen-bond donors (Lipinski definition) is 3. The minimum absolute atomic E-state index is 0.148. The molecule has 1 amide bonds. The smallest absolute Gasteiger partial charge is 0.263 e. The number of nitrogens with one attached hydrogen (secondary N) is 1. The van der Waals surface area contributed by atoms with Crippen LogP contribution in [0.4, 0.5) is 5.69 Å². The summed E-state index contributed by atoms with van der Waals surface area (Å²) in [6, 6.07) is 3.80. The van der Waals surface area contributed by atoms with Gasteiger partial charge in [0, 0.05) is 24.2 Å². The van der Waals surface area contributed by atoms with Gasteiger partial charge in [-0.05, 0) is 37.8 Å². The first-order valence-electron chi connectivity index (χ1n) is 7.07. The van der Waals surface area contributed by atoms with Crippen molar-refractivity contribution in [2.24, 2.45) is 5.92 Å². The summed E-state index contributed by atoms with van der Waals surface area (Å²) in [5, 5.41) is 12.7. The van der Waals surface area contributed by atoms with Crippen LogP contribution in [0.25, 0.3) is 10.2 Å². The highest BCUT2D eigenvalue weighted by Gasteiger charge is 2.16. The van der Waals surface area contributed by atoms with Crippen LogP contribution in [0.5, 0.6) is 0 Å². The van der Waals surface area contributed by atoms with Crippen LogP contribution >= 0.6 is 11.3 Å². The van der Waals surface area contributed by atoms with Gasteiger partial charge in [0.15, 0.2) is 0 Å². The van der Waals surface area contributed by atoms with Crippen molar-refractivity contribution in [3.05, 3.63) is 22.7 Å². The molecule has 0 saturated carbocycles. The van der Waals surface area contributed by atoms with Gasteiger partial charge in [-0.15, -0.1) is 11.3 Å². The largest absolute Gasteiger partial charge is 0.397 e. The Morgan fingerprint density at radius 1 is 1.52 bits per heavy atom. The fourth-order valence-corrected chi connectivity index (χ4v) is 3.14. The third kappa shape index (κ3) is 3.71. The molecule has 0 bridgehead atoms. The average molecular weight is 307 g/mol. The molecule has 0 aliphatic rings. The fraction of sp³-hybridized carbons (Fsp3) is 0.467. The van der Waals surface area contributed by atoms with Crippen molar-refractivity contribution in [2.75, 3.05) is 18.9 Å². The lowest BCUT2D eigenvalue weighted by atomic mass is 10.1. The molecule has 2 aromatic heterocycles. The minimum Gasteiger partial charge on any atom is -0.397 e. The Balaban J connectivity index is 2.01. The van der Waals surface area contributed by atoms with Crippen molar-refractivity contribution in [3.63, 3.8) is 0 Å². The minimum atomic E-state index is -0.148. The number of hydrogen-bond acceptors (Lipinski definition) is 5. The van der Waals surface area contributed by atoms with E-state index in [2.05, 4.69) is 10.3 Å². The zero-order valence-corrected chi connectivity index (χ0v) is 13.2. The number of amides is 1. The van der Waals surface area contributed by atoms with E-state index in [1.54, 1.807) is 0 Å². The molecule has 0 aliphatic heterocycles. The van der Waals surface area contributed by atoms with Gasteiger partial charge >= 0.3 is 0 Å². The first-order valence-corrected chi connectivity index (χ1v) is 7.89. The van der Waals surface area contributed by atoms with Gasteiger partial charge in [-0.3, -0.25) is 4.79 Å². The number of fused-ring (bicyclic) bond motifs is 1. The quantitative estimate of drug-likeness (QED) is 0.715. The maximum atomic E-state index is 12.2. The highest BCUT2D eigenvalue weighted by molar-refractivity contribution is 7.21. The molecule has 6 heteroatoms. The lowest BCUT2D eigenvalue weighted by Gasteiger charge is -2.08. The van der Waals surface area contributed by atoms with Gasteiger partial charge in [-0.25, -0.2) is 4.98 Å². The zero-order valence-electron chi connectivity index (χ0n) is 12.3. The molecule has 5 nitrogen and oxygen atoms in total. The standard InChI is InChI=1S/C15H21N3O2S/c1-9(8-19)4-3-7-17-14(20)13-12(16)11-6-5-10(2)18-15(11)21-13/h5-6,9,19H,3-4,7-8,16H2,1-2H3,(H,17,20). The molecule has 0 aliphatic carbocycles. The van der Waals surface area contributed by atoms with E-state index in [0.29, 0.717) is 17.1 Å². The van der Waals surface area contributed by atoms with Gasteiger partial charge in [0.2, 0.25) is 0 Å². The second-order valence-corrected chi connectivity index (χ2v) is 6.34. The maximum Gasteiger partial charge on any atom is 0.263 e. The molecule has 4 N–H and O–H groups in total. The van der Waals surface area contributed by atoms with Gasteiger partial charge in [-0.2, -0.15) is 0 Å². The van der Waals surface area contributed by atoms with Crippen LogP contribution in [-0.4, -0.2) is 29.1 Å². The van der Waals surface area contributed by atoms with Gasteiger partial charge in [0.1, 0.15) is 9.71 Å². The van der Waals surface area contributed by atoms with Crippen LogP contribution in [0.1, 0.15) is 35.1 Å². The predicted molar refractivity (Wildman–Crippen MR) is 86.6 cm³/mol. The normalized spacial score (nSPS) is 12.5. The van der Waals surface area contributed by atoms with Gasteiger partial charge < -0.3 is 16.2 Å². The molecule has 0 aromatic carbocycles. The summed E-state index contributed by atoms with van der Waals surface area (Å²) in [7, 11) is 0. The number of nitrogens with two attached hydrogens (primary N) is 1. The van der Waals surface area contributed by atoms with Crippen LogP contribution in [0, 0.1) is 12.8 Å². The number of nitrogens with zero attached hydrogens (tertiary/aromatic N) is 1. The third-order valence-electron chi connectivity index (χ3n) is 3.41. The zero-order chi connectivity index (χ0) is 15.4. The molecule has 21 heavy (non-hydrogen) atoms. The molecule has 114 valence electrons. The lowest BCUT2D eigenvalue weighted by Crippen LogP contribution is -2.24. The topological polar surface area (TPSA) is 88.2 Å². The van der Waals surface area contributed by atoms with Gasteiger partial charge in [-0.1, -0.05) is 6.92 Å². The molecule has 2 rings (SSSR count). The number of carbonyl (C=O) groups excluding carboxylic acids is 1. The lowest BCUT2D eigenvalue weighted by molar-refractivity contribution is 0.0957. The summed E-state index contributed by atoms with van der Waals surface area (Å²) < 4.78 is 0.